The topological polar surface area (TPSA) is 3.24 Å². The third-order valence-electron chi connectivity index (χ3n) is 2.12. The van der Waals surface area contributed by atoms with Crippen molar-refractivity contribution in [3.05, 3.63) is 29.8 Å². The highest BCUT2D eigenvalue weighted by Gasteiger charge is 2.00. The summed E-state index contributed by atoms with van der Waals surface area (Å²) in [5.74, 6) is 1.20. The average Bonchev–Trinajstić information content (AvgIpc) is 2.37. The zero-order chi connectivity index (χ0) is 13.1. The number of nitrogens with zero attached hydrogens (tertiary/aromatic N) is 1. The molecule has 0 fully saturated rings. The van der Waals surface area contributed by atoms with E-state index in [4.69, 9.17) is 0 Å². The number of thioether (sulfide) groups is 1. The molecule has 3 heteroatoms. The summed E-state index contributed by atoms with van der Waals surface area (Å²) in [6, 6.07) is 8.60. The van der Waals surface area contributed by atoms with Gasteiger partial charge in [-0.15, -0.1) is 24.6 Å². The minimum absolute atomic E-state index is 0.948. The summed E-state index contributed by atoms with van der Waals surface area (Å²) in [4.78, 5) is 3.64. The van der Waals surface area contributed by atoms with Gasteiger partial charge in [-0.1, -0.05) is 34.1 Å². The van der Waals surface area contributed by atoms with Crippen LogP contribution in [0.25, 0.3) is 0 Å². The Kier molecular flexibility index (Phi) is 10.4. The van der Waals surface area contributed by atoms with Gasteiger partial charge in [0.15, 0.2) is 0 Å². The van der Waals surface area contributed by atoms with E-state index >= 15 is 0 Å². The van der Waals surface area contributed by atoms with Gasteiger partial charge in [-0.3, -0.25) is 0 Å². The molecule has 0 unspecified atom stereocenters. The molecular weight excluding hydrogens is 294 g/mol. The fraction of sp³-hybridized carbons (Fsp3) is 0.429. The number of hydrogen-bond acceptors (Lipinski definition) is 2. The Morgan fingerprint density at radius 1 is 1.24 bits per heavy atom. The Morgan fingerprint density at radius 2 is 1.88 bits per heavy atom. The van der Waals surface area contributed by atoms with Crippen LogP contribution < -0.4 is 0 Å². The Morgan fingerprint density at radius 3 is 2.47 bits per heavy atom. The van der Waals surface area contributed by atoms with Crippen LogP contribution in [0.15, 0.2) is 29.2 Å². The molecule has 1 rings (SSSR count). The second-order valence-electron chi connectivity index (χ2n) is 3.75. The Hall–Kier alpha value is -0.430. The standard InChI is InChI=1S/C12H18BrNS.C2H2/c1-14(2)8-5-9-15-12-7-4-3-6-11(12)10-13;1-2/h3-4,6-7H,5,8-10H2,1-2H3;1-2H. The number of benzene rings is 1. The van der Waals surface area contributed by atoms with Crippen LogP contribution in [0, 0.1) is 12.8 Å². The largest absolute Gasteiger partial charge is 0.309 e. The lowest BCUT2D eigenvalue weighted by Gasteiger charge is -2.10. The maximum Gasteiger partial charge on any atom is 0.0294 e. The third kappa shape index (κ3) is 7.49. The van der Waals surface area contributed by atoms with Gasteiger partial charge in [0, 0.05) is 10.2 Å². The van der Waals surface area contributed by atoms with Gasteiger partial charge < -0.3 is 4.90 Å². The molecule has 0 aliphatic heterocycles. The van der Waals surface area contributed by atoms with Crippen LogP contribution >= 0.6 is 27.7 Å². The first-order valence-electron chi connectivity index (χ1n) is 5.48. The van der Waals surface area contributed by atoms with E-state index in [0.717, 1.165) is 5.33 Å². The summed E-state index contributed by atoms with van der Waals surface area (Å²) in [7, 11) is 4.24. The highest BCUT2D eigenvalue weighted by Crippen LogP contribution is 2.24. The summed E-state index contributed by atoms with van der Waals surface area (Å²) >= 11 is 5.48. The smallest absolute Gasteiger partial charge is 0.0294 e. The Balaban J connectivity index is 0.00000121. The van der Waals surface area contributed by atoms with Crippen LogP contribution in [-0.2, 0) is 5.33 Å². The van der Waals surface area contributed by atoms with Crippen LogP contribution in [0.1, 0.15) is 12.0 Å². The van der Waals surface area contributed by atoms with Crippen molar-refractivity contribution in [2.45, 2.75) is 16.6 Å². The number of halogens is 1. The molecule has 1 aromatic carbocycles. The SMILES string of the molecule is C#C.CN(C)CCCSc1ccccc1CBr. The Labute approximate surface area is 118 Å². The van der Waals surface area contributed by atoms with Gasteiger partial charge in [-0.2, -0.15) is 0 Å². The number of alkyl halides is 1. The van der Waals surface area contributed by atoms with Gasteiger partial charge in [-0.05, 0) is 44.4 Å². The molecule has 17 heavy (non-hydrogen) atoms. The van der Waals surface area contributed by atoms with E-state index in [0.29, 0.717) is 0 Å². The molecule has 0 heterocycles. The van der Waals surface area contributed by atoms with Crippen LogP contribution in [0.3, 0.4) is 0 Å². The van der Waals surface area contributed by atoms with Crippen molar-refractivity contribution in [3.8, 4) is 12.8 Å². The normalized spacial score (nSPS) is 9.76. The highest BCUT2D eigenvalue weighted by molar-refractivity contribution is 9.08. The van der Waals surface area contributed by atoms with Gasteiger partial charge in [0.05, 0.1) is 0 Å². The van der Waals surface area contributed by atoms with Crippen LogP contribution in [0.5, 0.6) is 0 Å². The van der Waals surface area contributed by atoms with Crippen LogP contribution in [0.2, 0.25) is 0 Å². The number of hydrogen-bond donors (Lipinski definition) is 0. The quantitative estimate of drug-likeness (QED) is 0.339. The highest BCUT2D eigenvalue weighted by atomic mass is 79.9. The van der Waals surface area contributed by atoms with Crippen molar-refractivity contribution in [2.24, 2.45) is 0 Å². The minimum atomic E-state index is 0.948. The molecule has 94 valence electrons. The molecule has 0 saturated heterocycles. The van der Waals surface area contributed by atoms with Crippen molar-refractivity contribution in [1.29, 1.82) is 0 Å². The molecule has 0 aliphatic rings. The molecule has 0 bridgehead atoms. The van der Waals surface area contributed by atoms with Crippen molar-refractivity contribution in [3.63, 3.8) is 0 Å². The second-order valence-corrected chi connectivity index (χ2v) is 5.44. The number of terminal acetylenes is 1. The molecule has 0 saturated carbocycles. The predicted molar refractivity (Wildman–Crippen MR) is 82.9 cm³/mol. The van der Waals surface area contributed by atoms with Gasteiger partial charge in [0.1, 0.15) is 0 Å². The van der Waals surface area contributed by atoms with E-state index in [-0.39, 0.29) is 0 Å². The summed E-state index contributed by atoms with van der Waals surface area (Å²) in [5.41, 5.74) is 1.40. The summed E-state index contributed by atoms with van der Waals surface area (Å²) in [5, 5.41) is 0.948. The lowest BCUT2D eigenvalue weighted by molar-refractivity contribution is 0.410. The van der Waals surface area contributed by atoms with E-state index in [1.165, 1.54) is 29.2 Å². The van der Waals surface area contributed by atoms with Gasteiger partial charge in [0.2, 0.25) is 0 Å². The molecule has 0 aliphatic carbocycles. The van der Waals surface area contributed by atoms with Gasteiger partial charge in [-0.25, -0.2) is 0 Å². The molecular formula is C14H20BrNS. The maximum absolute atomic E-state index is 4.00. The van der Waals surface area contributed by atoms with Crippen molar-refractivity contribution < 1.29 is 0 Å². The van der Waals surface area contributed by atoms with Crippen molar-refractivity contribution >= 4 is 27.7 Å². The summed E-state index contributed by atoms with van der Waals surface area (Å²) in [6.45, 7) is 1.17. The first-order chi connectivity index (χ1) is 8.24. The fourth-order valence-corrected chi connectivity index (χ4v) is 2.99. The van der Waals surface area contributed by atoms with E-state index in [2.05, 4.69) is 72.0 Å². The molecule has 0 atom stereocenters. The molecule has 1 nitrogen and oxygen atoms in total. The molecule has 0 spiro atoms. The first kappa shape index (κ1) is 16.6. The molecule has 0 N–H and O–H groups in total. The fourth-order valence-electron chi connectivity index (χ4n) is 1.32. The third-order valence-corrected chi connectivity index (χ3v) is 3.93. The predicted octanol–water partition coefficient (Wildman–Crippen LogP) is 3.87. The average molecular weight is 314 g/mol. The van der Waals surface area contributed by atoms with E-state index in [1.807, 2.05) is 11.8 Å². The van der Waals surface area contributed by atoms with Crippen molar-refractivity contribution in [2.75, 3.05) is 26.4 Å². The van der Waals surface area contributed by atoms with Crippen LogP contribution in [-0.4, -0.2) is 31.3 Å². The van der Waals surface area contributed by atoms with E-state index < -0.39 is 0 Å². The number of rotatable bonds is 6. The zero-order valence-electron chi connectivity index (χ0n) is 10.5. The molecule has 0 radical (unpaired) electrons. The molecule has 0 amide bonds. The van der Waals surface area contributed by atoms with Gasteiger partial charge >= 0.3 is 0 Å². The summed E-state index contributed by atoms with van der Waals surface area (Å²) < 4.78 is 0. The molecule has 0 aromatic heterocycles. The van der Waals surface area contributed by atoms with Gasteiger partial charge in [0.25, 0.3) is 0 Å². The van der Waals surface area contributed by atoms with E-state index in [9.17, 15) is 0 Å². The first-order valence-corrected chi connectivity index (χ1v) is 7.59. The van der Waals surface area contributed by atoms with E-state index in [1.54, 1.807) is 0 Å². The maximum atomic E-state index is 4.00. The zero-order valence-corrected chi connectivity index (χ0v) is 12.9. The van der Waals surface area contributed by atoms with Crippen LogP contribution in [0.4, 0.5) is 0 Å². The Bertz CT molecular complexity index is 323. The molecule has 1 aromatic rings. The summed E-state index contributed by atoms with van der Waals surface area (Å²) in [6.07, 6.45) is 9.24. The minimum Gasteiger partial charge on any atom is -0.309 e. The lowest BCUT2D eigenvalue weighted by atomic mass is 10.2. The monoisotopic (exact) mass is 313 g/mol. The lowest BCUT2D eigenvalue weighted by Crippen LogP contribution is -2.13. The second kappa shape index (κ2) is 10.7. The van der Waals surface area contributed by atoms with Crippen molar-refractivity contribution in [1.82, 2.24) is 4.90 Å².